The van der Waals surface area contributed by atoms with Crippen LogP contribution >= 0.6 is 11.8 Å². The summed E-state index contributed by atoms with van der Waals surface area (Å²) in [6.07, 6.45) is 3.36. The highest BCUT2D eigenvalue weighted by molar-refractivity contribution is 7.99. The van der Waals surface area contributed by atoms with Crippen LogP contribution in [0.1, 0.15) is 11.1 Å². The predicted octanol–water partition coefficient (Wildman–Crippen LogP) is 2.36. The van der Waals surface area contributed by atoms with Gasteiger partial charge in [0.1, 0.15) is 11.7 Å². The average Bonchev–Trinajstić information content (AvgIpc) is 2.34. The molecule has 1 aromatic carbocycles. The summed E-state index contributed by atoms with van der Waals surface area (Å²) in [6, 6.07) is 4.40. The molecule has 3 N–H and O–H groups in total. The zero-order chi connectivity index (χ0) is 13.1. The molecule has 1 aromatic heterocycles. The fourth-order valence-corrected chi connectivity index (χ4v) is 1.98. The highest BCUT2D eigenvalue weighted by Gasteiger charge is 2.08. The molecule has 2 aromatic rings. The molecule has 0 aliphatic heterocycles. The molecule has 0 atom stereocenters. The number of halogens is 1. The summed E-state index contributed by atoms with van der Waals surface area (Å²) in [4.78, 5) is 8.59. The quantitative estimate of drug-likeness (QED) is 0.506. The van der Waals surface area contributed by atoms with Gasteiger partial charge < -0.3 is 5.73 Å². The average molecular weight is 262 g/mol. The predicted molar refractivity (Wildman–Crippen MR) is 68.3 cm³/mol. The molecule has 0 amide bonds. The second-order valence-corrected chi connectivity index (χ2v) is 4.71. The van der Waals surface area contributed by atoms with Crippen LogP contribution in [0.15, 0.2) is 40.6 Å². The molecule has 0 bridgehead atoms. The van der Waals surface area contributed by atoms with E-state index in [2.05, 4.69) is 9.97 Å². The maximum atomic E-state index is 13.7. The molecule has 18 heavy (non-hydrogen) atoms. The number of nitrogen functional groups attached to an aromatic ring is 1. The molecule has 92 valence electrons. The van der Waals surface area contributed by atoms with Gasteiger partial charge in [-0.1, -0.05) is 0 Å². The third kappa shape index (κ3) is 2.84. The van der Waals surface area contributed by atoms with Gasteiger partial charge in [0.2, 0.25) is 0 Å². The number of hydrogen-bond donors (Lipinski definition) is 2. The van der Waals surface area contributed by atoms with Crippen LogP contribution in [0.3, 0.4) is 0 Å². The molecule has 0 radical (unpaired) electrons. The molecule has 0 aliphatic rings. The second kappa shape index (κ2) is 5.14. The Hall–Kier alpha value is -1.95. The first-order chi connectivity index (χ1) is 8.56. The first kappa shape index (κ1) is 12.5. The largest absolute Gasteiger partial charge is 0.384 e. The third-order valence-corrected chi connectivity index (χ3v) is 3.15. The summed E-state index contributed by atoms with van der Waals surface area (Å²) in [7, 11) is 0. The van der Waals surface area contributed by atoms with Gasteiger partial charge in [0.15, 0.2) is 5.16 Å². The molecular formula is C12H11FN4S. The number of amidine groups is 1. The second-order valence-electron chi connectivity index (χ2n) is 3.70. The minimum atomic E-state index is -0.433. The Morgan fingerprint density at radius 1 is 1.33 bits per heavy atom. The normalized spacial score (nSPS) is 10.3. The first-order valence-electron chi connectivity index (χ1n) is 5.16. The van der Waals surface area contributed by atoms with Crippen molar-refractivity contribution in [1.82, 2.24) is 9.97 Å². The molecule has 4 nitrogen and oxygen atoms in total. The Morgan fingerprint density at radius 3 is 2.56 bits per heavy atom. The van der Waals surface area contributed by atoms with E-state index in [1.807, 2.05) is 6.92 Å². The van der Waals surface area contributed by atoms with Crippen LogP contribution in [-0.2, 0) is 0 Å². The molecule has 1 heterocycles. The molecule has 0 aliphatic carbocycles. The van der Waals surface area contributed by atoms with Crippen molar-refractivity contribution in [3.63, 3.8) is 0 Å². The van der Waals surface area contributed by atoms with Crippen molar-refractivity contribution >= 4 is 17.6 Å². The molecule has 0 spiro atoms. The fourth-order valence-electron chi connectivity index (χ4n) is 1.28. The SMILES string of the molecule is Cc1cnc(Sc2ccc(C(=N)N)cc2F)nc1. The van der Waals surface area contributed by atoms with Crippen LogP contribution in [0.5, 0.6) is 0 Å². The Morgan fingerprint density at radius 2 is 2.00 bits per heavy atom. The van der Waals surface area contributed by atoms with Gasteiger partial charge in [0, 0.05) is 18.0 Å². The molecule has 6 heteroatoms. The highest BCUT2D eigenvalue weighted by atomic mass is 32.2. The lowest BCUT2D eigenvalue weighted by atomic mass is 10.2. The number of aryl methyl sites for hydroxylation is 1. The lowest BCUT2D eigenvalue weighted by Gasteiger charge is -2.04. The van der Waals surface area contributed by atoms with Crippen LogP contribution in [0.2, 0.25) is 0 Å². The van der Waals surface area contributed by atoms with Gasteiger partial charge in [-0.05, 0) is 42.4 Å². The molecule has 0 fully saturated rings. The van der Waals surface area contributed by atoms with Gasteiger partial charge in [-0.25, -0.2) is 14.4 Å². The third-order valence-electron chi connectivity index (χ3n) is 2.20. The maximum absolute atomic E-state index is 13.7. The van der Waals surface area contributed by atoms with Crippen molar-refractivity contribution in [2.75, 3.05) is 0 Å². The molecule has 0 saturated carbocycles. The zero-order valence-electron chi connectivity index (χ0n) is 9.64. The van der Waals surface area contributed by atoms with E-state index in [1.165, 1.54) is 6.07 Å². The van der Waals surface area contributed by atoms with E-state index in [0.29, 0.717) is 15.6 Å². The van der Waals surface area contributed by atoms with Gasteiger partial charge in [-0.2, -0.15) is 0 Å². The standard InChI is InChI=1S/C12H11FN4S/c1-7-5-16-12(17-6-7)18-10-3-2-8(11(14)15)4-9(10)13/h2-6H,1H3,(H3,14,15). The minimum absolute atomic E-state index is 0.156. The van der Waals surface area contributed by atoms with E-state index < -0.39 is 5.82 Å². The lowest BCUT2D eigenvalue weighted by molar-refractivity contribution is 0.601. The van der Waals surface area contributed by atoms with Crippen LogP contribution in [0.4, 0.5) is 4.39 Å². The molecule has 2 rings (SSSR count). The number of rotatable bonds is 3. The van der Waals surface area contributed by atoms with Gasteiger partial charge in [-0.15, -0.1) is 0 Å². The number of nitrogens with one attached hydrogen (secondary N) is 1. The number of benzene rings is 1. The molecule has 0 saturated heterocycles. The number of nitrogens with zero attached hydrogens (tertiary/aromatic N) is 2. The fraction of sp³-hybridized carbons (Fsp3) is 0.0833. The summed E-state index contributed by atoms with van der Waals surface area (Å²) in [6.45, 7) is 1.89. The van der Waals surface area contributed by atoms with E-state index in [0.717, 1.165) is 17.3 Å². The Balaban J connectivity index is 2.24. The summed E-state index contributed by atoms with van der Waals surface area (Å²) in [5.41, 5.74) is 6.60. The minimum Gasteiger partial charge on any atom is -0.384 e. The smallest absolute Gasteiger partial charge is 0.192 e. The summed E-state index contributed by atoms with van der Waals surface area (Å²) in [5.74, 6) is -0.589. The number of nitrogens with two attached hydrogens (primary N) is 1. The van der Waals surface area contributed by atoms with E-state index >= 15 is 0 Å². The molecule has 0 unspecified atom stereocenters. The van der Waals surface area contributed by atoms with E-state index in [1.54, 1.807) is 24.5 Å². The van der Waals surface area contributed by atoms with Crippen LogP contribution < -0.4 is 5.73 Å². The summed E-state index contributed by atoms with van der Waals surface area (Å²) < 4.78 is 13.7. The summed E-state index contributed by atoms with van der Waals surface area (Å²) in [5, 5.41) is 7.71. The Kier molecular flexibility index (Phi) is 3.57. The van der Waals surface area contributed by atoms with E-state index in [4.69, 9.17) is 11.1 Å². The number of hydrogen-bond acceptors (Lipinski definition) is 4. The van der Waals surface area contributed by atoms with Crippen molar-refractivity contribution < 1.29 is 4.39 Å². The monoisotopic (exact) mass is 262 g/mol. The van der Waals surface area contributed by atoms with Gasteiger partial charge in [-0.3, -0.25) is 5.41 Å². The van der Waals surface area contributed by atoms with Crippen LogP contribution in [0.25, 0.3) is 0 Å². The van der Waals surface area contributed by atoms with Crippen LogP contribution in [-0.4, -0.2) is 15.8 Å². The number of aromatic nitrogens is 2. The van der Waals surface area contributed by atoms with Crippen molar-refractivity contribution in [2.45, 2.75) is 17.0 Å². The van der Waals surface area contributed by atoms with Crippen LogP contribution in [0, 0.1) is 18.2 Å². The van der Waals surface area contributed by atoms with E-state index in [9.17, 15) is 4.39 Å². The van der Waals surface area contributed by atoms with E-state index in [-0.39, 0.29) is 5.84 Å². The highest BCUT2D eigenvalue weighted by Crippen LogP contribution is 2.27. The topological polar surface area (TPSA) is 75.7 Å². The first-order valence-corrected chi connectivity index (χ1v) is 5.98. The maximum Gasteiger partial charge on any atom is 0.192 e. The van der Waals surface area contributed by atoms with Gasteiger partial charge >= 0.3 is 0 Å². The van der Waals surface area contributed by atoms with Crippen molar-refractivity contribution in [2.24, 2.45) is 5.73 Å². The van der Waals surface area contributed by atoms with Crippen molar-refractivity contribution in [1.29, 1.82) is 5.41 Å². The summed E-state index contributed by atoms with van der Waals surface area (Å²) >= 11 is 1.13. The van der Waals surface area contributed by atoms with Crippen molar-refractivity contribution in [3.8, 4) is 0 Å². The van der Waals surface area contributed by atoms with Crippen molar-refractivity contribution in [3.05, 3.63) is 47.5 Å². The van der Waals surface area contributed by atoms with Gasteiger partial charge in [0.25, 0.3) is 0 Å². The lowest BCUT2D eigenvalue weighted by Crippen LogP contribution is -2.11. The zero-order valence-corrected chi connectivity index (χ0v) is 10.5. The Bertz CT molecular complexity index is 583. The molecular weight excluding hydrogens is 251 g/mol. The Labute approximate surface area is 108 Å². The van der Waals surface area contributed by atoms with Gasteiger partial charge in [0.05, 0.1) is 4.90 Å².